The molecule has 0 saturated carbocycles. The highest BCUT2D eigenvalue weighted by molar-refractivity contribution is 5.99. The van der Waals surface area contributed by atoms with Gasteiger partial charge in [-0.3, -0.25) is 4.79 Å². The molecule has 1 aromatic carbocycles. The van der Waals surface area contributed by atoms with Crippen LogP contribution in [-0.2, 0) is 4.79 Å². The predicted octanol–water partition coefficient (Wildman–Crippen LogP) is 2.90. The Bertz CT molecular complexity index is 396. The van der Waals surface area contributed by atoms with Crippen LogP contribution in [0.4, 0.5) is 10.1 Å². The topological polar surface area (TPSA) is 29.1 Å². The summed E-state index contributed by atoms with van der Waals surface area (Å²) in [4.78, 5) is 11.2. The standard InChI is InChI=1S/C12H12FNO/c1-2-3-4-8-12(15)14-11-7-5-6-10(13)9-11/h2-9H,1H3,(H,14,15)/b3-2+,8-4+. The molecule has 1 aromatic rings. The van der Waals surface area contributed by atoms with Gasteiger partial charge in [-0.25, -0.2) is 4.39 Å². The molecule has 0 aliphatic heterocycles. The second-order valence-electron chi connectivity index (χ2n) is 2.88. The molecule has 15 heavy (non-hydrogen) atoms. The number of anilines is 1. The van der Waals surface area contributed by atoms with Gasteiger partial charge in [-0.15, -0.1) is 0 Å². The molecule has 0 aliphatic rings. The van der Waals surface area contributed by atoms with Crippen LogP contribution in [0.15, 0.2) is 48.6 Å². The maximum Gasteiger partial charge on any atom is 0.248 e. The fourth-order valence-corrected chi connectivity index (χ4v) is 1.00. The molecule has 1 N–H and O–H groups in total. The quantitative estimate of drug-likeness (QED) is 0.596. The van der Waals surface area contributed by atoms with Gasteiger partial charge < -0.3 is 5.32 Å². The van der Waals surface area contributed by atoms with Gasteiger partial charge in [0.25, 0.3) is 0 Å². The van der Waals surface area contributed by atoms with Crippen LogP contribution in [0.3, 0.4) is 0 Å². The minimum Gasteiger partial charge on any atom is -0.322 e. The number of rotatable bonds is 3. The van der Waals surface area contributed by atoms with Gasteiger partial charge in [-0.05, 0) is 25.1 Å². The van der Waals surface area contributed by atoms with E-state index in [2.05, 4.69) is 5.32 Å². The van der Waals surface area contributed by atoms with Crippen molar-refractivity contribution in [2.75, 3.05) is 5.32 Å². The van der Waals surface area contributed by atoms with Crippen molar-refractivity contribution in [3.05, 3.63) is 54.4 Å². The molecule has 78 valence electrons. The second-order valence-corrected chi connectivity index (χ2v) is 2.88. The molecule has 1 rings (SSSR count). The largest absolute Gasteiger partial charge is 0.322 e. The lowest BCUT2D eigenvalue weighted by Crippen LogP contribution is -2.07. The summed E-state index contributed by atoms with van der Waals surface area (Å²) in [5, 5.41) is 2.54. The van der Waals surface area contributed by atoms with E-state index in [1.54, 1.807) is 24.3 Å². The Hall–Kier alpha value is -1.90. The molecule has 1 amide bonds. The fraction of sp³-hybridized carbons (Fsp3) is 0.0833. The van der Waals surface area contributed by atoms with Gasteiger partial charge in [-0.2, -0.15) is 0 Å². The summed E-state index contributed by atoms with van der Waals surface area (Å²) in [6.45, 7) is 1.86. The third-order valence-electron chi connectivity index (χ3n) is 1.64. The van der Waals surface area contributed by atoms with E-state index < -0.39 is 0 Å². The Morgan fingerprint density at radius 1 is 1.40 bits per heavy atom. The molecule has 0 atom stereocenters. The van der Waals surface area contributed by atoms with Gasteiger partial charge in [0.1, 0.15) is 5.82 Å². The molecule has 0 saturated heterocycles. The van der Waals surface area contributed by atoms with Crippen molar-refractivity contribution in [1.29, 1.82) is 0 Å². The normalized spacial score (nSPS) is 11.1. The minimum atomic E-state index is -0.370. The van der Waals surface area contributed by atoms with Crippen molar-refractivity contribution < 1.29 is 9.18 Å². The zero-order chi connectivity index (χ0) is 11.1. The molecular formula is C12H12FNO. The Kier molecular flexibility index (Phi) is 4.29. The van der Waals surface area contributed by atoms with Crippen LogP contribution in [0.25, 0.3) is 0 Å². The van der Waals surface area contributed by atoms with Crippen LogP contribution in [0.1, 0.15) is 6.92 Å². The van der Waals surface area contributed by atoms with E-state index in [0.717, 1.165) is 0 Å². The van der Waals surface area contributed by atoms with Crippen molar-refractivity contribution in [1.82, 2.24) is 0 Å². The number of allylic oxidation sites excluding steroid dienone is 3. The zero-order valence-corrected chi connectivity index (χ0v) is 8.41. The molecule has 3 heteroatoms. The molecule has 0 fully saturated rings. The monoisotopic (exact) mass is 205 g/mol. The van der Waals surface area contributed by atoms with E-state index in [9.17, 15) is 9.18 Å². The van der Waals surface area contributed by atoms with Crippen molar-refractivity contribution in [2.45, 2.75) is 6.92 Å². The number of carbonyl (C=O) groups is 1. The first kappa shape index (κ1) is 11.2. The summed E-state index contributed by atoms with van der Waals surface area (Å²) >= 11 is 0. The number of hydrogen-bond donors (Lipinski definition) is 1. The van der Waals surface area contributed by atoms with E-state index in [4.69, 9.17) is 0 Å². The SMILES string of the molecule is C/C=C/C=C/C(=O)Nc1cccc(F)c1. The average Bonchev–Trinajstić information content (AvgIpc) is 2.18. The van der Waals surface area contributed by atoms with Gasteiger partial charge in [0, 0.05) is 11.8 Å². The molecule has 0 bridgehead atoms. The van der Waals surface area contributed by atoms with Crippen LogP contribution in [0.2, 0.25) is 0 Å². The molecule has 0 spiro atoms. The first-order valence-electron chi connectivity index (χ1n) is 4.58. The Morgan fingerprint density at radius 3 is 2.87 bits per heavy atom. The van der Waals surface area contributed by atoms with Gasteiger partial charge in [0.05, 0.1) is 0 Å². The van der Waals surface area contributed by atoms with E-state index in [-0.39, 0.29) is 11.7 Å². The molecule has 0 aromatic heterocycles. The molecule has 2 nitrogen and oxygen atoms in total. The third-order valence-corrected chi connectivity index (χ3v) is 1.64. The Balaban J connectivity index is 2.59. The van der Waals surface area contributed by atoms with Gasteiger partial charge in [-0.1, -0.05) is 24.3 Å². The highest BCUT2D eigenvalue weighted by Gasteiger charge is 1.97. The molecule has 0 heterocycles. The smallest absolute Gasteiger partial charge is 0.248 e. The van der Waals surface area contributed by atoms with Crippen LogP contribution < -0.4 is 5.32 Å². The molecule has 0 unspecified atom stereocenters. The first-order valence-corrected chi connectivity index (χ1v) is 4.58. The number of nitrogens with one attached hydrogen (secondary N) is 1. The summed E-state index contributed by atoms with van der Waals surface area (Å²) in [6, 6.07) is 5.76. The maximum atomic E-state index is 12.7. The number of halogens is 1. The first-order chi connectivity index (χ1) is 7.22. The Morgan fingerprint density at radius 2 is 2.20 bits per heavy atom. The van der Waals surface area contributed by atoms with Crippen molar-refractivity contribution in [3.63, 3.8) is 0 Å². The predicted molar refractivity (Wildman–Crippen MR) is 59.0 cm³/mol. The lowest BCUT2D eigenvalue weighted by Gasteiger charge is -2.00. The average molecular weight is 205 g/mol. The minimum absolute atomic E-state index is 0.279. The third kappa shape index (κ3) is 4.22. The van der Waals surface area contributed by atoms with Crippen LogP contribution >= 0.6 is 0 Å². The number of carbonyl (C=O) groups excluding carboxylic acids is 1. The highest BCUT2D eigenvalue weighted by Crippen LogP contribution is 2.08. The summed E-state index contributed by atoms with van der Waals surface area (Å²) in [6.07, 6.45) is 6.55. The summed E-state index contributed by atoms with van der Waals surface area (Å²) in [5.74, 6) is -0.649. The van der Waals surface area contributed by atoms with E-state index in [1.165, 1.54) is 18.2 Å². The van der Waals surface area contributed by atoms with Crippen molar-refractivity contribution >= 4 is 11.6 Å². The second kappa shape index (κ2) is 5.75. The number of hydrogen-bond acceptors (Lipinski definition) is 1. The van der Waals surface area contributed by atoms with Crippen LogP contribution in [0.5, 0.6) is 0 Å². The maximum absolute atomic E-state index is 12.7. The summed E-state index contributed by atoms with van der Waals surface area (Å²) < 4.78 is 12.7. The van der Waals surface area contributed by atoms with Crippen LogP contribution in [-0.4, -0.2) is 5.91 Å². The lowest BCUT2D eigenvalue weighted by molar-refractivity contribution is -0.111. The van der Waals surface area contributed by atoms with Crippen LogP contribution in [0, 0.1) is 5.82 Å². The van der Waals surface area contributed by atoms with Crippen molar-refractivity contribution in [2.24, 2.45) is 0 Å². The van der Waals surface area contributed by atoms with E-state index in [1.807, 2.05) is 13.0 Å². The molecule has 0 aliphatic carbocycles. The fourth-order valence-electron chi connectivity index (χ4n) is 1.00. The summed E-state index contributed by atoms with van der Waals surface area (Å²) in [7, 11) is 0. The number of benzene rings is 1. The Labute approximate surface area is 88.1 Å². The van der Waals surface area contributed by atoms with Gasteiger partial charge >= 0.3 is 0 Å². The highest BCUT2D eigenvalue weighted by atomic mass is 19.1. The van der Waals surface area contributed by atoms with E-state index >= 15 is 0 Å². The molecular weight excluding hydrogens is 193 g/mol. The van der Waals surface area contributed by atoms with Gasteiger partial charge in [0.2, 0.25) is 5.91 Å². The lowest BCUT2D eigenvalue weighted by atomic mass is 10.3. The van der Waals surface area contributed by atoms with Gasteiger partial charge in [0.15, 0.2) is 0 Å². The zero-order valence-electron chi connectivity index (χ0n) is 8.41. The number of amides is 1. The molecule has 0 radical (unpaired) electrons. The van der Waals surface area contributed by atoms with Crippen molar-refractivity contribution in [3.8, 4) is 0 Å². The summed E-state index contributed by atoms with van der Waals surface area (Å²) in [5.41, 5.74) is 0.449. The van der Waals surface area contributed by atoms with E-state index in [0.29, 0.717) is 5.69 Å².